The van der Waals surface area contributed by atoms with Crippen molar-refractivity contribution in [2.75, 3.05) is 20.4 Å². The molecule has 0 amide bonds. The summed E-state index contributed by atoms with van der Waals surface area (Å²) < 4.78 is 47.8. The Morgan fingerprint density at radius 1 is 1.23 bits per heavy atom. The molecule has 0 heterocycles. The first-order chi connectivity index (χ1) is 10.1. The number of carbonyl (C=O) groups is 1. The smallest absolute Gasteiger partial charge is 0.312 e. The zero-order valence-corrected chi connectivity index (χ0v) is 14.6. The zero-order valence-electron chi connectivity index (χ0n) is 12.9. The first-order valence-electron chi connectivity index (χ1n) is 6.46. The summed E-state index contributed by atoms with van der Waals surface area (Å²) in [4.78, 5) is 12.0. The average Bonchev–Trinajstić information content (AvgIpc) is 2.47. The highest BCUT2D eigenvalue weighted by atomic mass is 32.2. The Bertz CT molecular complexity index is 662. The van der Waals surface area contributed by atoms with E-state index in [1.54, 1.807) is 12.1 Å². The number of benzene rings is 1. The monoisotopic (exact) mass is 349 g/mol. The van der Waals surface area contributed by atoms with E-state index in [1.807, 2.05) is 6.92 Å². The van der Waals surface area contributed by atoms with Crippen LogP contribution in [0, 0.1) is 6.92 Å². The highest BCUT2D eigenvalue weighted by Crippen LogP contribution is 2.46. The Morgan fingerprint density at radius 2 is 1.73 bits per heavy atom. The van der Waals surface area contributed by atoms with E-state index in [0.717, 1.165) is 5.56 Å². The molecule has 124 valence electrons. The molecule has 0 aromatic heterocycles. The third-order valence-electron chi connectivity index (χ3n) is 3.05. The number of rotatable bonds is 8. The molecule has 7 nitrogen and oxygen atoms in total. The van der Waals surface area contributed by atoms with Gasteiger partial charge in [-0.3, -0.25) is 9.36 Å². The van der Waals surface area contributed by atoms with Gasteiger partial charge in [-0.05, 0) is 26.0 Å². The molecular weight excluding hydrogens is 329 g/mol. The van der Waals surface area contributed by atoms with Crippen LogP contribution in [0.4, 0.5) is 0 Å². The Kier molecular flexibility index (Phi) is 6.46. The summed E-state index contributed by atoms with van der Waals surface area (Å²) in [6, 6.07) is 5.16. The van der Waals surface area contributed by atoms with Gasteiger partial charge in [-0.1, -0.05) is 17.7 Å². The van der Waals surface area contributed by atoms with Gasteiger partial charge in [0, 0.05) is 14.2 Å². The van der Waals surface area contributed by atoms with Crippen LogP contribution in [-0.4, -0.2) is 40.6 Å². The second-order valence-electron chi connectivity index (χ2n) is 4.76. The van der Waals surface area contributed by atoms with Crippen LogP contribution in [0.3, 0.4) is 0 Å². The zero-order chi connectivity index (χ0) is 17.0. The molecule has 1 atom stereocenters. The van der Waals surface area contributed by atoms with E-state index in [9.17, 15) is 17.8 Å². The summed E-state index contributed by atoms with van der Waals surface area (Å²) in [5.74, 6) is -0.581. The van der Waals surface area contributed by atoms with Crippen LogP contribution in [0.25, 0.3) is 0 Å². The first-order valence-corrected chi connectivity index (χ1v) is 9.67. The van der Waals surface area contributed by atoms with Crippen LogP contribution >= 0.6 is 7.60 Å². The van der Waals surface area contributed by atoms with Gasteiger partial charge < -0.3 is 9.05 Å². The molecule has 1 N–H and O–H groups in total. The SMILES string of the molecule is COP(=O)(CC(=O)[C@H](C)NS(=O)(=O)c1ccc(C)cc1)OC. The van der Waals surface area contributed by atoms with Crippen molar-refractivity contribution in [1.29, 1.82) is 0 Å². The minimum atomic E-state index is -3.83. The molecule has 0 radical (unpaired) electrons. The van der Waals surface area contributed by atoms with Crippen molar-refractivity contribution in [3.8, 4) is 0 Å². The van der Waals surface area contributed by atoms with E-state index in [-0.39, 0.29) is 4.90 Å². The lowest BCUT2D eigenvalue weighted by Crippen LogP contribution is -2.39. The molecule has 1 aromatic rings. The molecule has 0 unspecified atom stereocenters. The fraction of sp³-hybridized carbons (Fsp3) is 0.462. The third kappa shape index (κ3) is 5.00. The fourth-order valence-electron chi connectivity index (χ4n) is 1.62. The highest BCUT2D eigenvalue weighted by molar-refractivity contribution is 7.89. The Balaban J connectivity index is 2.83. The van der Waals surface area contributed by atoms with Crippen molar-refractivity contribution in [1.82, 2.24) is 4.72 Å². The van der Waals surface area contributed by atoms with Crippen molar-refractivity contribution in [3.05, 3.63) is 29.8 Å². The maximum Gasteiger partial charge on any atom is 0.337 e. The van der Waals surface area contributed by atoms with E-state index in [2.05, 4.69) is 13.8 Å². The van der Waals surface area contributed by atoms with Gasteiger partial charge in [-0.25, -0.2) is 13.1 Å². The summed E-state index contributed by atoms with van der Waals surface area (Å²) in [6.45, 7) is 3.22. The standard InChI is InChI=1S/C13H20NO6PS/c1-10-5-7-12(8-6-10)22(17,18)14-11(2)13(15)9-21(16,19-3)20-4/h5-8,11,14H,9H2,1-4H3/t11-/m0/s1. The fourth-order valence-corrected chi connectivity index (χ4v) is 3.91. The Morgan fingerprint density at radius 3 is 2.18 bits per heavy atom. The lowest BCUT2D eigenvalue weighted by atomic mass is 10.2. The molecule has 0 fully saturated rings. The maximum absolute atomic E-state index is 12.2. The van der Waals surface area contributed by atoms with E-state index in [1.165, 1.54) is 33.3 Å². The van der Waals surface area contributed by atoms with Gasteiger partial charge in [0.25, 0.3) is 0 Å². The number of Topliss-reactive ketones (excluding diaryl/α,β-unsaturated/α-hetero) is 1. The quantitative estimate of drug-likeness (QED) is 0.718. The molecule has 0 spiro atoms. The number of hydrogen-bond acceptors (Lipinski definition) is 6. The number of carbonyl (C=O) groups excluding carboxylic acids is 1. The van der Waals surface area contributed by atoms with Crippen LogP contribution in [0.15, 0.2) is 29.2 Å². The molecule has 1 rings (SSSR count). The number of hydrogen-bond donors (Lipinski definition) is 1. The van der Waals surface area contributed by atoms with Crippen molar-refractivity contribution in [2.45, 2.75) is 24.8 Å². The first kappa shape index (κ1) is 19.0. The van der Waals surface area contributed by atoms with Gasteiger partial charge in [0.15, 0.2) is 5.78 Å². The summed E-state index contributed by atoms with van der Waals surface area (Å²) in [7, 11) is -5.02. The Labute approximate surface area is 130 Å². The minimum Gasteiger partial charge on any atom is -0.312 e. The minimum absolute atomic E-state index is 0.0550. The van der Waals surface area contributed by atoms with Crippen LogP contribution < -0.4 is 4.72 Å². The van der Waals surface area contributed by atoms with Crippen LogP contribution in [0.5, 0.6) is 0 Å². The summed E-state index contributed by atoms with van der Waals surface area (Å²) in [5.41, 5.74) is 0.921. The van der Waals surface area contributed by atoms with Gasteiger partial charge in [0.05, 0.1) is 10.9 Å². The van der Waals surface area contributed by atoms with E-state index < -0.39 is 35.6 Å². The molecule has 0 aliphatic heterocycles. The van der Waals surface area contributed by atoms with Crippen molar-refractivity contribution in [2.24, 2.45) is 0 Å². The molecule has 9 heteroatoms. The van der Waals surface area contributed by atoms with Crippen molar-refractivity contribution < 1.29 is 26.8 Å². The number of sulfonamides is 1. The van der Waals surface area contributed by atoms with Crippen molar-refractivity contribution >= 4 is 23.4 Å². The van der Waals surface area contributed by atoms with Gasteiger partial charge in [-0.2, -0.15) is 0 Å². The lowest BCUT2D eigenvalue weighted by molar-refractivity contribution is -0.118. The Hall–Kier alpha value is -1.05. The molecule has 0 aliphatic carbocycles. The second kappa shape index (κ2) is 7.48. The van der Waals surface area contributed by atoms with E-state index in [4.69, 9.17) is 0 Å². The number of ketones is 1. The van der Waals surface area contributed by atoms with E-state index >= 15 is 0 Å². The molecule has 0 aliphatic rings. The normalized spacial score (nSPS) is 13.8. The van der Waals surface area contributed by atoms with Crippen LogP contribution in [-0.2, 0) is 28.4 Å². The predicted octanol–water partition coefficient (Wildman–Crippen LogP) is 1.72. The maximum atomic E-state index is 12.2. The molecule has 1 aromatic carbocycles. The van der Waals surface area contributed by atoms with Gasteiger partial charge in [0.2, 0.25) is 10.0 Å². The number of aryl methyl sites for hydroxylation is 1. The molecular formula is C13H20NO6PS. The van der Waals surface area contributed by atoms with Crippen molar-refractivity contribution in [3.63, 3.8) is 0 Å². The summed E-state index contributed by atoms with van der Waals surface area (Å²) >= 11 is 0. The molecule has 0 saturated heterocycles. The number of nitrogens with one attached hydrogen (secondary N) is 1. The predicted molar refractivity (Wildman–Crippen MR) is 82.5 cm³/mol. The lowest BCUT2D eigenvalue weighted by Gasteiger charge is -2.17. The summed E-state index contributed by atoms with van der Waals surface area (Å²) in [5, 5.41) is 0. The molecule has 0 bridgehead atoms. The average molecular weight is 349 g/mol. The molecule has 0 saturated carbocycles. The molecule has 22 heavy (non-hydrogen) atoms. The van der Waals surface area contributed by atoms with Crippen LogP contribution in [0.1, 0.15) is 12.5 Å². The van der Waals surface area contributed by atoms with Gasteiger partial charge >= 0.3 is 7.60 Å². The highest BCUT2D eigenvalue weighted by Gasteiger charge is 2.30. The van der Waals surface area contributed by atoms with Crippen LogP contribution in [0.2, 0.25) is 0 Å². The third-order valence-corrected chi connectivity index (χ3v) is 6.42. The topological polar surface area (TPSA) is 98.8 Å². The van der Waals surface area contributed by atoms with Gasteiger partial charge in [0.1, 0.15) is 6.16 Å². The van der Waals surface area contributed by atoms with Gasteiger partial charge in [-0.15, -0.1) is 0 Å². The largest absolute Gasteiger partial charge is 0.337 e. The second-order valence-corrected chi connectivity index (χ2v) is 8.74. The van der Waals surface area contributed by atoms with E-state index in [0.29, 0.717) is 0 Å². The summed E-state index contributed by atoms with van der Waals surface area (Å²) in [6.07, 6.45) is -0.502.